The van der Waals surface area contributed by atoms with Gasteiger partial charge in [-0.2, -0.15) is 0 Å². The SMILES string of the molecule is COc1ccc(CN2C(=O)N[C@@]3(CCCc4sccc43)C2=O)cc1F. The zero-order valence-electron chi connectivity index (χ0n) is 13.7. The number of thiophene rings is 1. The molecule has 1 saturated heterocycles. The van der Waals surface area contributed by atoms with Crippen LogP contribution in [-0.4, -0.2) is 23.9 Å². The highest BCUT2D eigenvalue weighted by Gasteiger charge is 2.54. The molecule has 7 heteroatoms. The molecule has 0 bridgehead atoms. The lowest BCUT2D eigenvalue weighted by molar-refractivity contribution is -0.132. The molecule has 1 aromatic carbocycles. The first-order valence-electron chi connectivity index (χ1n) is 8.08. The average molecular weight is 360 g/mol. The minimum atomic E-state index is -0.963. The number of hydrogen-bond acceptors (Lipinski definition) is 4. The molecule has 1 aliphatic carbocycles. The summed E-state index contributed by atoms with van der Waals surface area (Å²) >= 11 is 1.62. The fraction of sp³-hybridized carbons (Fsp3) is 0.333. The first-order chi connectivity index (χ1) is 12.0. The van der Waals surface area contributed by atoms with E-state index in [1.165, 1.54) is 24.1 Å². The molecule has 1 aromatic heterocycles. The third kappa shape index (κ3) is 2.41. The Hall–Kier alpha value is -2.41. The van der Waals surface area contributed by atoms with Crippen molar-refractivity contribution in [3.05, 3.63) is 51.5 Å². The van der Waals surface area contributed by atoms with Crippen molar-refractivity contribution in [2.45, 2.75) is 31.3 Å². The summed E-state index contributed by atoms with van der Waals surface area (Å²) in [6.45, 7) is 0.0345. The molecular weight excluding hydrogens is 343 g/mol. The number of benzene rings is 1. The maximum Gasteiger partial charge on any atom is 0.325 e. The van der Waals surface area contributed by atoms with Crippen LogP contribution in [0.15, 0.2) is 29.6 Å². The van der Waals surface area contributed by atoms with Gasteiger partial charge in [0.05, 0.1) is 13.7 Å². The Morgan fingerprint density at radius 3 is 2.96 bits per heavy atom. The van der Waals surface area contributed by atoms with E-state index in [-0.39, 0.29) is 18.2 Å². The largest absolute Gasteiger partial charge is 0.494 e. The van der Waals surface area contributed by atoms with Gasteiger partial charge >= 0.3 is 6.03 Å². The number of carbonyl (C=O) groups excluding carboxylic acids is 2. The number of carbonyl (C=O) groups is 2. The lowest BCUT2D eigenvalue weighted by Crippen LogP contribution is -2.46. The number of urea groups is 1. The molecular formula is C18H17FN2O3S. The number of ether oxygens (including phenoxy) is 1. The van der Waals surface area contributed by atoms with E-state index in [0.29, 0.717) is 12.0 Å². The Kier molecular flexibility index (Phi) is 3.76. The molecule has 0 saturated carbocycles. The maximum absolute atomic E-state index is 13.9. The van der Waals surface area contributed by atoms with Gasteiger partial charge in [0.1, 0.15) is 5.54 Å². The first-order valence-corrected chi connectivity index (χ1v) is 8.96. The number of methoxy groups -OCH3 is 1. The molecule has 1 fully saturated rings. The predicted octanol–water partition coefficient (Wildman–Crippen LogP) is 3.18. The van der Waals surface area contributed by atoms with Crippen LogP contribution in [0.25, 0.3) is 0 Å². The summed E-state index contributed by atoms with van der Waals surface area (Å²) in [7, 11) is 1.39. The van der Waals surface area contributed by atoms with Gasteiger partial charge in [-0.15, -0.1) is 11.3 Å². The molecule has 2 aliphatic rings. The summed E-state index contributed by atoms with van der Waals surface area (Å²) in [4.78, 5) is 27.9. The highest BCUT2D eigenvalue weighted by molar-refractivity contribution is 7.10. The Labute approximate surface area is 148 Å². The highest BCUT2D eigenvalue weighted by atomic mass is 32.1. The number of nitrogens with zero attached hydrogens (tertiary/aromatic N) is 1. The van der Waals surface area contributed by atoms with E-state index in [0.717, 1.165) is 23.3 Å². The number of nitrogens with one attached hydrogen (secondary N) is 1. The number of hydrogen-bond donors (Lipinski definition) is 1. The normalized spacial score (nSPS) is 22.2. The summed E-state index contributed by atoms with van der Waals surface area (Å²) in [5.41, 5.74) is 0.487. The number of amides is 3. The van der Waals surface area contributed by atoms with Gasteiger partial charge in [-0.3, -0.25) is 9.69 Å². The number of fused-ring (bicyclic) bond motifs is 2. The van der Waals surface area contributed by atoms with Crippen LogP contribution in [0.2, 0.25) is 0 Å². The lowest BCUT2D eigenvalue weighted by Gasteiger charge is -2.31. The van der Waals surface area contributed by atoms with Crippen molar-refractivity contribution < 1.29 is 18.7 Å². The quantitative estimate of drug-likeness (QED) is 0.856. The van der Waals surface area contributed by atoms with Crippen LogP contribution in [-0.2, 0) is 23.3 Å². The van der Waals surface area contributed by atoms with Crippen LogP contribution in [0.4, 0.5) is 9.18 Å². The molecule has 1 N–H and O–H groups in total. The number of imide groups is 1. The Bertz CT molecular complexity index is 866. The van der Waals surface area contributed by atoms with Crippen LogP contribution in [0.5, 0.6) is 5.75 Å². The van der Waals surface area contributed by atoms with Crippen molar-refractivity contribution >= 4 is 23.3 Å². The van der Waals surface area contributed by atoms with Crippen LogP contribution in [0.1, 0.15) is 28.8 Å². The van der Waals surface area contributed by atoms with Crippen molar-refractivity contribution in [3.63, 3.8) is 0 Å². The molecule has 2 heterocycles. The topological polar surface area (TPSA) is 58.6 Å². The lowest BCUT2D eigenvalue weighted by atomic mass is 9.80. The Morgan fingerprint density at radius 1 is 1.36 bits per heavy atom. The molecule has 25 heavy (non-hydrogen) atoms. The van der Waals surface area contributed by atoms with Gasteiger partial charge in [0.15, 0.2) is 11.6 Å². The van der Waals surface area contributed by atoms with E-state index in [1.54, 1.807) is 17.4 Å². The smallest absolute Gasteiger partial charge is 0.325 e. The molecule has 0 unspecified atom stereocenters. The molecule has 1 atom stereocenters. The van der Waals surface area contributed by atoms with E-state index < -0.39 is 17.4 Å². The van der Waals surface area contributed by atoms with Gasteiger partial charge in [-0.25, -0.2) is 9.18 Å². The molecule has 5 nitrogen and oxygen atoms in total. The molecule has 1 aliphatic heterocycles. The van der Waals surface area contributed by atoms with Crippen LogP contribution < -0.4 is 10.1 Å². The van der Waals surface area contributed by atoms with Crippen molar-refractivity contribution in [3.8, 4) is 5.75 Å². The highest BCUT2D eigenvalue weighted by Crippen LogP contribution is 2.42. The predicted molar refractivity (Wildman–Crippen MR) is 91.0 cm³/mol. The van der Waals surface area contributed by atoms with E-state index in [4.69, 9.17) is 4.74 Å². The van der Waals surface area contributed by atoms with E-state index in [9.17, 15) is 14.0 Å². The summed E-state index contributed by atoms with van der Waals surface area (Å²) in [5.74, 6) is -0.639. The van der Waals surface area contributed by atoms with Crippen molar-refractivity contribution in [1.29, 1.82) is 0 Å². The Balaban J connectivity index is 1.64. The van der Waals surface area contributed by atoms with Gasteiger partial charge in [-0.1, -0.05) is 6.07 Å². The summed E-state index contributed by atoms with van der Waals surface area (Å²) < 4.78 is 18.8. The summed E-state index contributed by atoms with van der Waals surface area (Å²) in [5, 5.41) is 4.85. The van der Waals surface area contributed by atoms with Gasteiger partial charge in [0, 0.05) is 10.4 Å². The van der Waals surface area contributed by atoms with Crippen molar-refractivity contribution in [2.75, 3.05) is 7.11 Å². The van der Waals surface area contributed by atoms with Crippen molar-refractivity contribution in [2.24, 2.45) is 0 Å². The molecule has 2 aromatic rings. The monoisotopic (exact) mass is 360 g/mol. The average Bonchev–Trinajstić information content (AvgIpc) is 3.16. The second-order valence-electron chi connectivity index (χ2n) is 6.31. The molecule has 130 valence electrons. The fourth-order valence-electron chi connectivity index (χ4n) is 3.68. The van der Waals surface area contributed by atoms with Gasteiger partial charge in [0.2, 0.25) is 0 Å². The Morgan fingerprint density at radius 2 is 2.20 bits per heavy atom. The van der Waals surface area contributed by atoms with Crippen LogP contribution in [0.3, 0.4) is 0 Å². The zero-order chi connectivity index (χ0) is 17.6. The van der Waals surface area contributed by atoms with Gasteiger partial charge in [-0.05, 0) is 48.4 Å². The molecule has 4 rings (SSSR count). The summed E-state index contributed by atoms with van der Waals surface area (Å²) in [6.07, 6.45) is 2.38. The summed E-state index contributed by atoms with van der Waals surface area (Å²) in [6, 6.07) is 5.94. The number of halogens is 1. The fourth-order valence-corrected chi connectivity index (χ4v) is 4.68. The first kappa shape index (κ1) is 16.1. The minimum absolute atomic E-state index is 0.0345. The molecule has 3 amide bonds. The minimum Gasteiger partial charge on any atom is -0.494 e. The third-order valence-corrected chi connectivity index (χ3v) is 5.87. The second kappa shape index (κ2) is 5.84. The zero-order valence-corrected chi connectivity index (χ0v) is 14.5. The molecule has 0 radical (unpaired) electrons. The van der Waals surface area contributed by atoms with E-state index in [2.05, 4.69) is 5.32 Å². The van der Waals surface area contributed by atoms with Crippen molar-refractivity contribution in [1.82, 2.24) is 10.2 Å². The second-order valence-corrected chi connectivity index (χ2v) is 7.31. The standard InChI is InChI=1S/C18H17FN2O3S/c1-24-14-5-4-11(9-13(14)19)10-21-16(22)18(20-17(21)23)7-2-3-15-12(18)6-8-25-15/h4-6,8-9H,2-3,7,10H2,1H3,(H,20,23)/t18-/m1/s1. The van der Waals surface area contributed by atoms with Crippen LogP contribution >= 0.6 is 11.3 Å². The van der Waals surface area contributed by atoms with Gasteiger partial charge in [0.25, 0.3) is 5.91 Å². The van der Waals surface area contributed by atoms with Gasteiger partial charge < -0.3 is 10.1 Å². The van der Waals surface area contributed by atoms with E-state index in [1.807, 2.05) is 11.4 Å². The third-order valence-electron chi connectivity index (χ3n) is 4.89. The maximum atomic E-state index is 13.9. The molecule has 1 spiro atoms. The van der Waals surface area contributed by atoms with E-state index >= 15 is 0 Å². The number of aryl methyl sites for hydroxylation is 1. The van der Waals surface area contributed by atoms with Crippen LogP contribution in [0, 0.1) is 5.82 Å². The number of rotatable bonds is 3.